The van der Waals surface area contributed by atoms with E-state index >= 15 is 0 Å². The van der Waals surface area contributed by atoms with Crippen molar-refractivity contribution in [3.05, 3.63) is 35.4 Å². The zero-order chi connectivity index (χ0) is 12.1. The molecule has 0 aliphatic heterocycles. The Hall–Kier alpha value is -1.82. The molecule has 1 unspecified atom stereocenters. The van der Waals surface area contributed by atoms with Crippen LogP contribution in [0.3, 0.4) is 0 Å². The number of benzene rings is 1. The third-order valence-corrected chi connectivity index (χ3v) is 2.83. The van der Waals surface area contributed by atoms with Gasteiger partial charge in [-0.25, -0.2) is 0 Å². The summed E-state index contributed by atoms with van der Waals surface area (Å²) in [5.41, 5.74) is 1.20. The molecular formula is C13H16N2O. The van der Waals surface area contributed by atoms with Crippen LogP contribution in [-0.2, 0) is 0 Å². The topological polar surface area (TPSA) is 44.1 Å². The summed E-state index contributed by atoms with van der Waals surface area (Å²) < 4.78 is 0. The highest BCUT2D eigenvalue weighted by Gasteiger charge is 2.15. The Balaban J connectivity index is 2.85. The highest BCUT2D eigenvalue weighted by Crippen LogP contribution is 2.09. The fraction of sp³-hybridized carbons (Fsp3) is 0.385. The molecule has 1 aromatic carbocycles. The maximum absolute atomic E-state index is 12.0. The van der Waals surface area contributed by atoms with Gasteiger partial charge >= 0.3 is 0 Å². The molecule has 0 fully saturated rings. The lowest BCUT2D eigenvalue weighted by molar-refractivity contribution is 0.0740. The average molecular weight is 216 g/mol. The number of rotatable bonds is 3. The number of nitrogens with zero attached hydrogens (tertiary/aromatic N) is 2. The van der Waals surface area contributed by atoms with Gasteiger partial charge in [-0.15, -0.1) is 0 Å². The van der Waals surface area contributed by atoms with Gasteiger partial charge in [0.2, 0.25) is 0 Å². The zero-order valence-corrected chi connectivity index (χ0v) is 9.90. The summed E-state index contributed by atoms with van der Waals surface area (Å²) in [5.74, 6) is -0.00107. The van der Waals surface area contributed by atoms with E-state index in [4.69, 9.17) is 5.26 Å². The van der Waals surface area contributed by atoms with Gasteiger partial charge < -0.3 is 4.90 Å². The van der Waals surface area contributed by atoms with Crippen molar-refractivity contribution in [1.29, 1.82) is 5.26 Å². The molecule has 0 aliphatic carbocycles. The van der Waals surface area contributed by atoms with Gasteiger partial charge in [0.25, 0.3) is 5.91 Å². The molecule has 0 radical (unpaired) electrons. The highest BCUT2D eigenvalue weighted by atomic mass is 16.2. The van der Waals surface area contributed by atoms with Crippen molar-refractivity contribution < 1.29 is 4.79 Å². The van der Waals surface area contributed by atoms with Crippen LogP contribution in [0, 0.1) is 11.3 Å². The molecular weight excluding hydrogens is 200 g/mol. The van der Waals surface area contributed by atoms with Crippen LogP contribution >= 0.6 is 0 Å². The second-order valence-electron chi connectivity index (χ2n) is 3.86. The van der Waals surface area contributed by atoms with Gasteiger partial charge in [-0.05, 0) is 37.6 Å². The molecule has 1 rings (SSSR count). The SMILES string of the molecule is CCC(C)N(C)C(=O)c1ccc(C#N)cc1. The van der Waals surface area contributed by atoms with Gasteiger partial charge in [0, 0.05) is 18.7 Å². The molecule has 0 spiro atoms. The van der Waals surface area contributed by atoms with E-state index in [-0.39, 0.29) is 11.9 Å². The number of carbonyl (C=O) groups is 1. The minimum absolute atomic E-state index is 0.00107. The molecule has 1 amide bonds. The minimum atomic E-state index is -0.00107. The molecule has 84 valence electrons. The maximum atomic E-state index is 12.0. The predicted octanol–water partition coefficient (Wildman–Crippen LogP) is 2.43. The van der Waals surface area contributed by atoms with Gasteiger partial charge in [0.15, 0.2) is 0 Å². The first-order valence-electron chi connectivity index (χ1n) is 5.37. The first-order valence-corrected chi connectivity index (χ1v) is 5.37. The van der Waals surface area contributed by atoms with Crippen LogP contribution in [-0.4, -0.2) is 23.9 Å². The largest absolute Gasteiger partial charge is 0.339 e. The second-order valence-corrected chi connectivity index (χ2v) is 3.86. The third kappa shape index (κ3) is 2.60. The number of carbonyl (C=O) groups excluding carboxylic acids is 1. The summed E-state index contributed by atoms with van der Waals surface area (Å²) in [6, 6.07) is 8.97. The minimum Gasteiger partial charge on any atom is -0.339 e. The Morgan fingerprint density at radius 2 is 2.00 bits per heavy atom. The van der Waals surface area contributed by atoms with Crippen LogP contribution in [0.2, 0.25) is 0 Å². The molecule has 3 heteroatoms. The van der Waals surface area contributed by atoms with Crippen LogP contribution in [0.4, 0.5) is 0 Å². The summed E-state index contributed by atoms with van der Waals surface area (Å²) in [6.07, 6.45) is 0.929. The van der Waals surface area contributed by atoms with E-state index in [1.54, 1.807) is 36.2 Å². The summed E-state index contributed by atoms with van der Waals surface area (Å²) in [7, 11) is 1.80. The lowest BCUT2D eigenvalue weighted by Crippen LogP contribution is -2.34. The van der Waals surface area contributed by atoms with Crippen LogP contribution < -0.4 is 0 Å². The van der Waals surface area contributed by atoms with E-state index in [9.17, 15) is 4.79 Å². The van der Waals surface area contributed by atoms with Crippen LogP contribution in [0.15, 0.2) is 24.3 Å². The monoisotopic (exact) mass is 216 g/mol. The van der Waals surface area contributed by atoms with E-state index in [0.29, 0.717) is 11.1 Å². The molecule has 0 saturated heterocycles. The van der Waals surface area contributed by atoms with Crippen molar-refractivity contribution in [2.45, 2.75) is 26.3 Å². The zero-order valence-electron chi connectivity index (χ0n) is 9.90. The molecule has 1 aromatic rings. The van der Waals surface area contributed by atoms with E-state index in [1.807, 2.05) is 19.9 Å². The van der Waals surface area contributed by atoms with Gasteiger partial charge in [-0.3, -0.25) is 4.79 Å². The van der Waals surface area contributed by atoms with Crippen molar-refractivity contribution in [2.24, 2.45) is 0 Å². The van der Waals surface area contributed by atoms with Crippen LogP contribution in [0.1, 0.15) is 36.2 Å². The fourth-order valence-corrected chi connectivity index (χ4v) is 1.37. The van der Waals surface area contributed by atoms with E-state index < -0.39 is 0 Å². The maximum Gasteiger partial charge on any atom is 0.253 e. The molecule has 0 bridgehead atoms. The fourth-order valence-electron chi connectivity index (χ4n) is 1.37. The Morgan fingerprint density at radius 3 is 2.44 bits per heavy atom. The highest BCUT2D eigenvalue weighted by molar-refractivity contribution is 5.94. The van der Waals surface area contributed by atoms with E-state index in [1.165, 1.54) is 0 Å². The van der Waals surface area contributed by atoms with E-state index in [2.05, 4.69) is 0 Å². The van der Waals surface area contributed by atoms with Crippen molar-refractivity contribution in [3.8, 4) is 6.07 Å². The summed E-state index contributed by atoms with van der Waals surface area (Å²) in [6.45, 7) is 4.06. The number of hydrogen-bond acceptors (Lipinski definition) is 2. The number of nitriles is 1. The summed E-state index contributed by atoms with van der Waals surface area (Å²) in [4.78, 5) is 13.7. The average Bonchev–Trinajstić information content (AvgIpc) is 2.36. The molecule has 0 N–H and O–H groups in total. The predicted molar refractivity (Wildman–Crippen MR) is 63.0 cm³/mol. The third-order valence-electron chi connectivity index (χ3n) is 2.83. The molecule has 0 aliphatic rings. The molecule has 16 heavy (non-hydrogen) atoms. The van der Waals surface area contributed by atoms with Gasteiger partial charge in [0.1, 0.15) is 0 Å². The quantitative estimate of drug-likeness (QED) is 0.778. The van der Waals surface area contributed by atoms with Crippen molar-refractivity contribution >= 4 is 5.91 Å². The van der Waals surface area contributed by atoms with Crippen molar-refractivity contribution in [1.82, 2.24) is 4.90 Å². The Labute approximate surface area is 96.3 Å². The summed E-state index contributed by atoms with van der Waals surface area (Å²) in [5, 5.41) is 8.66. The van der Waals surface area contributed by atoms with Crippen LogP contribution in [0.5, 0.6) is 0 Å². The van der Waals surface area contributed by atoms with Crippen molar-refractivity contribution in [2.75, 3.05) is 7.05 Å². The number of amides is 1. The lowest BCUT2D eigenvalue weighted by atomic mass is 10.1. The van der Waals surface area contributed by atoms with Gasteiger partial charge in [0.05, 0.1) is 11.6 Å². The number of hydrogen-bond donors (Lipinski definition) is 0. The molecule has 0 heterocycles. The first-order chi connectivity index (χ1) is 7.60. The molecule has 1 atom stereocenters. The van der Waals surface area contributed by atoms with Gasteiger partial charge in [-0.1, -0.05) is 6.92 Å². The normalized spacial score (nSPS) is 11.6. The Morgan fingerprint density at radius 1 is 1.44 bits per heavy atom. The molecule has 0 aromatic heterocycles. The first kappa shape index (κ1) is 12.3. The van der Waals surface area contributed by atoms with Crippen molar-refractivity contribution in [3.63, 3.8) is 0 Å². The Bertz CT molecular complexity index is 403. The van der Waals surface area contributed by atoms with Crippen LogP contribution in [0.25, 0.3) is 0 Å². The lowest BCUT2D eigenvalue weighted by Gasteiger charge is -2.23. The Kier molecular flexibility index (Phi) is 4.07. The smallest absolute Gasteiger partial charge is 0.253 e. The molecule has 3 nitrogen and oxygen atoms in total. The standard InChI is InChI=1S/C13H16N2O/c1-4-10(2)15(3)13(16)12-7-5-11(9-14)6-8-12/h5-8,10H,4H2,1-3H3. The van der Waals surface area contributed by atoms with Gasteiger partial charge in [-0.2, -0.15) is 5.26 Å². The molecule has 0 saturated carbocycles. The summed E-state index contributed by atoms with van der Waals surface area (Å²) >= 11 is 0. The van der Waals surface area contributed by atoms with E-state index in [0.717, 1.165) is 6.42 Å². The second kappa shape index (κ2) is 5.32.